The molecule has 0 aliphatic carbocycles. The number of quaternary nitrogens is 1. The summed E-state index contributed by atoms with van der Waals surface area (Å²) in [6.07, 6.45) is 68.4. The number of esters is 1. The van der Waals surface area contributed by atoms with Crippen LogP contribution in [0.2, 0.25) is 0 Å². The van der Waals surface area contributed by atoms with Crippen LogP contribution in [0.4, 0.5) is 0 Å². The number of unbranched alkanes of at least 4 members (excludes halogenated alkanes) is 25. The van der Waals surface area contributed by atoms with Crippen LogP contribution in [-0.2, 0) is 27.9 Å². The SMILES string of the molecule is CC/C=C\C/C=C\C/C=C\C/C=C\C/C=C\CCCCCCCCCC(=O)OC(/C=C\CCCCCCCCCCC)C(COP(=O)([O-])OCC[N+](C)(C)C)NC(=O)CCCCC/C=C\CCCCCCCC. The molecular formula is C63H113N2O7P. The van der Waals surface area contributed by atoms with Crippen molar-refractivity contribution in [3.63, 3.8) is 0 Å². The summed E-state index contributed by atoms with van der Waals surface area (Å²) in [6.45, 7) is 6.69. The van der Waals surface area contributed by atoms with E-state index in [1.165, 1.54) is 103 Å². The predicted molar refractivity (Wildman–Crippen MR) is 311 cm³/mol. The number of carbonyl (C=O) groups is 2. The summed E-state index contributed by atoms with van der Waals surface area (Å²) in [4.78, 5) is 39.9. The summed E-state index contributed by atoms with van der Waals surface area (Å²) < 4.78 is 30.2. The van der Waals surface area contributed by atoms with Crippen LogP contribution in [0.15, 0.2) is 85.1 Å². The molecule has 0 heterocycles. The second-order valence-corrected chi connectivity index (χ2v) is 22.5. The molecule has 0 saturated carbocycles. The number of nitrogens with zero attached hydrogens (tertiary/aromatic N) is 1. The molecule has 0 fully saturated rings. The van der Waals surface area contributed by atoms with Crippen molar-refractivity contribution in [1.82, 2.24) is 5.32 Å². The van der Waals surface area contributed by atoms with Crippen LogP contribution in [0.25, 0.3) is 0 Å². The summed E-state index contributed by atoms with van der Waals surface area (Å²) in [5, 5.41) is 3.01. The van der Waals surface area contributed by atoms with Gasteiger partial charge in [0.05, 0.1) is 33.8 Å². The second kappa shape index (κ2) is 52.6. The zero-order chi connectivity index (χ0) is 53.6. The molecule has 9 nitrogen and oxygen atoms in total. The number of allylic oxidation sites excluding steroid dienone is 13. The Kier molecular flexibility index (Phi) is 50.6. The zero-order valence-electron chi connectivity index (χ0n) is 48.1. The first-order valence-corrected chi connectivity index (χ1v) is 31.4. The number of ether oxygens (including phenoxy) is 1. The van der Waals surface area contributed by atoms with Crippen molar-refractivity contribution >= 4 is 19.7 Å². The number of likely N-dealkylation sites (N-methyl/N-ethyl adjacent to an activating group) is 1. The minimum absolute atomic E-state index is 0.0301. The number of phosphoric ester groups is 1. The van der Waals surface area contributed by atoms with Gasteiger partial charge in [0, 0.05) is 12.8 Å². The van der Waals surface area contributed by atoms with E-state index in [4.69, 9.17) is 13.8 Å². The van der Waals surface area contributed by atoms with Crippen molar-refractivity contribution in [2.75, 3.05) is 40.9 Å². The molecule has 1 N–H and O–H groups in total. The lowest BCUT2D eigenvalue weighted by molar-refractivity contribution is -0.870. The Balaban J connectivity index is 5.23. The molecule has 1 amide bonds. The van der Waals surface area contributed by atoms with Crippen LogP contribution in [0, 0.1) is 0 Å². The van der Waals surface area contributed by atoms with Crippen LogP contribution in [-0.4, -0.2) is 69.4 Å². The fourth-order valence-corrected chi connectivity index (χ4v) is 8.91. The molecule has 0 radical (unpaired) electrons. The van der Waals surface area contributed by atoms with Gasteiger partial charge in [0.2, 0.25) is 5.91 Å². The molecule has 0 rings (SSSR count). The predicted octanol–water partition coefficient (Wildman–Crippen LogP) is 17.6. The van der Waals surface area contributed by atoms with Gasteiger partial charge >= 0.3 is 5.97 Å². The highest BCUT2D eigenvalue weighted by Gasteiger charge is 2.27. The van der Waals surface area contributed by atoms with E-state index < -0.39 is 26.6 Å². The van der Waals surface area contributed by atoms with E-state index >= 15 is 0 Å². The smallest absolute Gasteiger partial charge is 0.306 e. The van der Waals surface area contributed by atoms with Gasteiger partial charge in [-0.2, -0.15) is 0 Å². The Morgan fingerprint density at radius 2 is 0.877 bits per heavy atom. The highest BCUT2D eigenvalue weighted by Crippen LogP contribution is 2.38. The number of rotatable bonds is 53. The van der Waals surface area contributed by atoms with E-state index in [-0.39, 0.29) is 24.9 Å². The van der Waals surface area contributed by atoms with E-state index in [1.807, 2.05) is 33.3 Å². The number of hydrogen-bond donors (Lipinski definition) is 1. The van der Waals surface area contributed by atoms with E-state index in [9.17, 15) is 19.0 Å². The molecule has 0 aromatic heterocycles. The third-order valence-corrected chi connectivity index (χ3v) is 13.8. The van der Waals surface area contributed by atoms with E-state index in [0.29, 0.717) is 30.3 Å². The molecule has 3 unspecified atom stereocenters. The molecule has 0 spiro atoms. The highest BCUT2D eigenvalue weighted by atomic mass is 31.2. The lowest BCUT2D eigenvalue weighted by atomic mass is 10.1. The molecule has 10 heteroatoms. The summed E-state index contributed by atoms with van der Waals surface area (Å²) in [6, 6.07) is -0.903. The first-order valence-electron chi connectivity index (χ1n) is 29.9. The average Bonchev–Trinajstić information content (AvgIpc) is 3.35. The molecule has 0 aliphatic heterocycles. The van der Waals surface area contributed by atoms with Crippen molar-refractivity contribution < 1.29 is 37.3 Å². The highest BCUT2D eigenvalue weighted by molar-refractivity contribution is 7.45. The topological polar surface area (TPSA) is 114 Å². The van der Waals surface area contributed by atoms with Crippen LogP contribution in [0.3, 0.4) is 0 Å². The summed E-state index contributed by atoms with van der Waals surface area (Å²) in [5.41, 5.74) is 0. The Hall–Kier alpha value is -2.81. The van der Waals surface area contributed by atoms with Crippen molar-refractivity contribution in [2.24, 2.45) is 0 Å². The fraction of sp³-hybridized carbons (Fsp3) is 0.746. The summed E-state index contributed by atoms with van der Waals surface area (Å²) in [5.74, 6) is -0.576. The Morgan fingerprint density at radius 1 is 0.493 bits per heavy atom. The largest absolute Gasteiger partial charge is 0.756 e. The van der Waals surface area contributed by atoms with Gasteiger partial charge in [-0.1, -0.05) is 222 Å². The maximum absolute atomic E-state index is 13.5. The van der Waals surface area contributed by atoms with Crippen LogP contribution >= 0.6 is 7.82 Å². The average molecular weight is 1040 g/mol. The molecule has 0 bridgehead atoms. The summed E-state index contributed by atoms with van der Waals surface area (Å²) in [7, 11) is 1.16. The number of hydrogen-bond acceptors (Lipinski definition) is 7. The maximum Gasteiger partial charge on any atom is 0.306 e. The lowest BCUT2D eigenvalue weighted by Gasteiger charge is -2.30. The first-order chi connectivity index (χ1) is 35.4. The van der Waals surface area contributed by atoms with Gasteiger partial charge in [-0.05, 0) is 102 Å². The van der Waals surface area contributed by atoms with Gasteiger partial charge in [-0.25, -0.2) is 0 Å². The van der Waals surface area contributed by atoms with Crippen molar-refractivity contribution in [3.8, 4) is 0 Å². The van der Waals surface area contributed by atoms with Gasteiger partial charge in [0.15, 0.2) is 0 Å². The van der Waals surface area contributed by atoms with Crippen molar-refractivity contribution in [2.45, 2.75) is 264 Å². The maximum atomic E-state index is 13.5. The number of amides is 1. The normalized spacial score (nSPS) is 14.3. The molecule has 0 aliphatic rings. The van der Waals surface area contributed by atoms with Gasteiger partial charge in [-0.15, -0.1) is 0 Å². The molecule has 0 aromatic carbocycles. The van der Waals surface area contributed by atoms with Crippen molar-refractivity contribution in [3.05, 3.63) is 85.1 Å². The van der Waals surface area contributed by atoms with E-state index in [2.05, 4.69) is 99.0 Å². The van der Waals surface area contributed by atoms with Crippen LogP contribution < -0.4 is 10.2 Å². The summed E-state index contributed by atoms with van der Waals surface area (Å²) >= 11 is 0. The molecular weight excluding hydrogens is 928 g/mol. The van der Waals surface area contributed by atoms with Crippen molar-refractivity contribution in [1.29, 1.82) is 0 Å². The Bertz CT molecular complexity index is 1530. The monoisotopic (exact) mass is 1040 g/mol. The van der Waals surface area contributed by atoms with Gasteiger partial charge in [-0.3, -0.25) is 14.2 Å². The molecule has 3 atom stereocenters. The second-order valence-electron chi connectivity index (χ2n) is 21.1. The third kappa shape index (κ3) is 53.8. The lowest BCUT2D eigenvalue weighted by Crippen LogP contribution is -2.47. The third-order valence-electron chi connectivity index (χ3n) is 12.8. The number of nitrogens with one attached hydrogen (secondary N) is 1. The fourth-order valence-electron chi connectivity index (χ4n) is 8.19. The molecule has 0 aromatic rings. The van der Waals surface area contributed by atoms with Crippen LogP contribution in [0.5, 0.6) is 0 Å². The standard InChI is InChI=1S/C63H113N2O7P/c1-7-10-13-16-19-22-25-27-28-29-30-31-32-33-34-35-36-38-41-44-47-50-53-56-63(67)72-61(54-51-48-45-42-39-24-21-18-15-12-9-3)60(59-71-73(68,69)70-58-57-65(4,5)6)64-62(66)55-52-49-46-43-40-37-26-23-20-17-14-11-8-2/h10,13,19,22,27-28,30-31,33-34,37,40,51,54,60-61H,7-9,11-12,14-18,20-21,23-26,29,32,35-36,38-39,41-50,52-53,55-59H2,1-6H3,(H-,64,66,68,69)/b13-10-,22-19-,28-27-,31-30-,34-33-,40-37-,54-51-. The van der Waals surface area contributed by atoms with Crippen LogP contribution in [0.1, 0.15) is 252 Å². The minimum Gasteiger partial charge on any atom is -0.756 e. The zero-order valence-corrected chi connectivity index (χ0v) is 49.0. The molecule has 73 heavy (non-hydrogen) atoms. The van der Waals surface area contributed by atoms with E-state index in [1.54, 1.807) is 0 Å². The minimum atomic E-state index is -4.70. The quantitative estimate of drug-likeness (QED) is 0.0212. The molecule has 0 saturated heterocycles. The van der Waals surface area contributed by atoms with Gasteiger partial charge < -0.3 is 28.5 Å². The van der Waals surface area contributed by atoms with E-state index in [0.717, 1.165) is 103 Å². The number of carbonyl (C=O) groups excluding carboxylic acids is 2. The van der Waals surface area contributed by atoms with Gasteiger partial charge in [0.1, 0.15) is 19.3 Å². The molecule has 422 valence electrons. The number of phosphoric acid groups is 1. The first kappa shape index (κ1) is 70.2. The van der Waals surface area contributed by atoms with Gasteiger partial charge in [0.25, 0.3) is 7.82 Å². The Labute approximate surface area is 450 Å². The Morgan fingerprint density at radius 3 is 1.34 bits per heavy atom.